The van der Waals surface area contributed by atoms with Crippen molar-refractivity contribution in [2.45, 2.75) is 11.8 Å². The van der Waals surface area contributed by atoms with Crippen LogP contribution < -0.4 is 15.2 Å². The van der Waals surface area contributed by atoms with E-state index in [2.05, 4.69) is 14.7 Å². The van der Waals surface area contributed by atoms with Crippen LogP contribution in [-0.4, -0.2) is 25.5 Å². The van der Waals surface area contributed by atoms with Crippen molar-refractivity contribution in [3.05, 3.63) is 35.0 Å². The molecule has 0 atom stereocenters. The number of aryl methyl sites for hydroxylation is 1. The van der Waals surface area contributed by atoms with Gasteiger partial charge in [-0.1, -0.05) is 11.6 Å². The highest BCUT2D eigenvalue weighted by molar-refractivity contribution is 7.92. The zero-order chi connectivity index (χ0) is 15.6. The maximum Gasteiger partial charge on any atom is 0.264 e. The Morgan fingerprint density at radius 3 is 2.62 bits per heavy atom. The van der Waals surface area contributed by atoms with Crippen LogP contribution in [0.25, 0.3) is 0 Å². The molecular weight excluding hydrogens is 316 g/mol. The smallest absolute Gasteiger partial charge is 0.264 e. The van der Waals surface area contributed by atoms with E-state index >= 15 is 0 Å². The zero-order valence-electron chi connectivity index (χ0n) is 11.3. The van der Waals surface area contributed by atoms with Crippen molar-refractivity contribution < 1.29 is 13.2 Å². The lowest BCUT2D eigenvalue weighted by Crippen LogP contribution is -2.16. The molecule has 1 aromatic heterocycles. The molecule has 2 rings (SSSR count). The van der Waals surface area contributed by atoms with Crippen LogP contribution in [0.4, 0.5) is 11.6 Å². The van der Waals surface area contributed by atoms with Gasteiger partial charge in [0.1, 0.15) is 0 Å². The SMILES string of the molecule is COc1cc(C)nc(NS(=O)(=O)c2ccc(Cl)c(N)c2)n1. The number of rotatable bonds is 4. The summed E-state index contributed by atoms with van der Waals surface area (Å²) in [5.74, 6) is 0.177. The van der Waals surface area contributed by atoms with Gasteiger partial charge in [-0.3, -0.25) is 0 Å². The van der Waals surface area contributed by atoms with Gasteiger partial charge in [0.15, 0.2) is 0 Å². The highest BCUT2D eigenvalue weighted by Crippen LogP contribution is 2.23. The molecule has 1 aromatic carbocycles. The summed E-state index contributed by atoms with van der Waals surface area (Å²) in [5.41, 5.74) is 6.34. The van der Waals surface area contributed by atoms with E-state index < -0.39 is 10.0 Å². The maximum atomic E-state index is 12.2. The second kappa shape index (κ2) is 5.74. The summed E-state index contributed by atoms with van der Waals surface area (Å²) in [6.45, 7) is 1.70. The first-order valence-corrected chi connectivity index (χ1v) is 7.65. The summed E-state index contributed by atoms with van der Waals surface area (Å²) in [7, 11) is -2.43. The van der Waals surface area contributed by atoms with Gasteiger partial charge in [-0.15, -0.1) is 0 Å². The molecule has 0 saturated carbocycles. The van der Waals surface area contributed by atoms with Crippen LogP contribution in [0.3, 0.4) is 0 Å². The Morgan fingerprint density at radius 2 is 2.00 bits per heavy atom. The number of nitrogens with zero attached hydrogens (tertiary/aromatic N) is 2. The van der Waals surface area contributed by atoms with Crippen LogP contribution in [0.15, 0.2) is 29.2 Å². The quantitative estimate of drug-likeness (QED) is 0.829. The molecule has 1 heterocycles. The molecule has 0 saturated heterocycles. The molecule has 0 aliphatic heterocycles. The number of nitrogens with two attached hydrogens (primary N) is 1. The third kappa shape index (κ3) is 3.53. The topological polar surface area (TPSA) is 107 Å². The van der Waals surface area contributed by atoms with Gasteiger partial charge in [0, 0.05) is 11.8 Å². The van der Waals surface area contributed by atoms with Crippen molar-refractivity contribution in [2.24, 2.45) is 0 Å². The summed E-state index contributed by atoms with van der Waals surface area (Å²) in [6.07, 6.45) is 0. The van der Waals surface area contributed by atoms with Gasteiger partial charge in [-0.25, -0.2) is 18.1 Å². The van der Waals surface area contributed by atoms with Crippen LogP contribution in [0.5, 0.6) is 5.88 Å². The number of anilines is 2. The number of aromatic nitrogens is 2. The zero-order valence-corrected chi connectivity index (χ0v) is 12.9. The number of hydrogen-bond donors (Lipinski definition) is 2. The van der Waals surface area contributed by atoms with Gasteiger partial charge in [0.25, 0.3) is 10.0 Å². The van der Waals surface area contributed by atoms with E-state index in [9.17, 15) is 8.42 Å². The van der Waals surface area contributed by atoms with Crippen LogP contribution in [0.1, 0.15) is 5.69 Å². The molecule has 2 aromatic rings. The largest absolute Gasteiger partial charge is 0.481 e. The lowest BCUT2D eigenvalue weighted by Gasteiger charge is -2.09. The molecule has 112 valence electrons. The first kappa shape index (κ1) is 15.3. The van der Waals surface area contributed by atoms with Gasteiger partial charge >= 0.3 is 0 Å². The van der Waals surface area contributed by atoms with Crippen molar-refractivity contribution in [2.75, 3.05) is 17.6 Å². The molecule has 0 amide bonds. The number of halogens is 1. The second-order valence-electron chi connectivity index (χ2n) is 4.16. The lowest BCUT2D eigenvalue weighted by molar-refractivity contribution is 0.397. The Hall–Kier alpha value is -2.06. The molecular formula is C12H13ClN4O3S. The number of sulfonamides is 1. The van der Waals surface area contributed by atoms with Crippen LogP contribution in [0, 0.1) is 6.92 Å². The maximum absolute atomic E-state index is 12.2. The average molecular weight is 329 g/mol. The number of methoxy groups -OCH3 is 1. The van der Waals surface area contributed by atoms with Crippen molar-refractivity contribution in [1.29, 1.82) is 0 Å². The Labute approximate surface area is 127 Å². The van der Waals surface area contributed by atoms with E-state index in [-0.39, 0.29) is 27.4 Å². The minimum atomic E-state index is -3.86. The van der Waals surface area contributed by atoms with E-state index in [4.69, 9.17) is 22.1 Å². The average Bonchev–Trinajstić information content (AvgIpc) is 2.40. The van der Waals surface area contributed by atoms with E-state index in [1.165, 1.54) is 25.3 Å². The van der Waals surface area contributed by atoms with Crippen LogP contribution >= 0.6 is 11.6 Å². The monoisotopic (exact) mass is 328 g/mol. The highest BCUT2D eigenvalue weighted by atomic mass is 35.5. The standard InChI is InChI=1S/C12H13ClN4O3S/c1-7-5-11(20-2)16-12(15-7)17-21(18,19)8-3-4-9(13)10(14)6-8/h3-6H,14H2,1-2H3,(H,15,16,17). The molecule has 0 bridgehead atoms. The van der Waals surface area contributed by atoms with Gasteiger partial charge in [0.2, 0.25) is 11.8 Å². The summed E-state index contributed by atoms with van der Waals surface area (Å²) in [4.78, 5) is 7.88. The summed E-state index contributed by atoms with van der Waals surface area (Å²) in [6, 6.07) is 5.59. The fraction of sp³-hybridized carbons (Fsp3) is 0.167. The summed E-state index contributed by atoms with van der Waals surface area (Å²) < 4.78 is 31.7. The number of ether oxygens (including phenoxy) is 1. The van der Waals surface area contributed by atoms with Crippen LogP contribution in [-0.2, 0) is 10.0 Å². The number of hydrogen-bond acceptors (Lipinski definition) is 6. The van der Waals surface area contributed by atoms with Gasteiger partial charge < -0.3 is 10.5 Å². The van der Waals surface area contributed by atoms with Crippen molar-refractivity contribution in [1.82, 2.24) is 9.97 Å². The first-order chi connectivity index (χ1) is 9.81. The van der Waals surface area contributed by atoms with Crippen molar-refractivity contribution in [3.8, 4) is 5.88 Å². The van der Waals surface area contributed by atoms with Crippen molar-refractivity contribution >= 4 is 33.3 Å². The van der Waals surface area contributed by atoms with Gasteiger partial charge in [0.05, 0.1) is 22.7 Å². The minimum Gasteiger partial charge on any atom is -0.481 e. The fourth-order valence-corrected chi connectivity index (χ4v) is 2.65. The third-order valence-electron chi connectivity index (χ3n) is 2.54. The normalized spacial score (nSPS) is 11.2. The number of nitrogen functional groups attached to an aromatic ring is 1. The predicted octanol–water partition coefficient (Wildman–Crippen LogP) is 1.83. The molecule has 0 unspecified atom stereocenters. The van der Waals surface area contributed by atoms with Gasteiger partial charge in [-0.2, -0.15) is 4.98 Å². The molecule has 3 N–H and O–H groups in total. The first-order valence-electron chi connectivity index (χ1n) is 5.79. The molecule has 0 spiro atoms. The lowest BCUT2D eigenvalue weighted by atomic mass is 10.3. The molecule has 0 aliphatic rings. The molecule has 9 heteroatoms. The molecule has 21 heavy (non-hydrogen) atoms. The summed E-state index contributed by atoms with van der Waals surface area (Å²) >= 11 is 5.77. The summed E-state index contributed by atoms with van der Waals surface area (Å²) in [5, 5.41) is 0.280. The predicted molar refractivity (Wildman–Crippen MR) is 80.0 cm³/mol. The fourth-order valence-electron chi connectivity index (χ4n) is 1.56. The van der Waals surface area contributed by atoms with Gasteiger partial charge in [-0.05, 0) is 25.1 Å². The molecule has 0 aliphatic carbocycles. The Bertz CT molecular complexity index is 780. The molecule has 7 nitrogen and oxygen atoms in total. The highest BCUT2D eigenvalue weighted by Gasteiger charge is 2.17. The second-order valence-corrected chi connectivity index (χ2v) is 6.25. The molecule has 0 fully saturated rings. The Morgan fingerprint density at radius 1 is 1.29 bits per heavy atom. The third-order valence-corrected chi connectivity index (χ3v) is 4.21. The number of nitrogens with one attached hydrogen (secondary N) is 1. The van der Waals surface area contributed by atoms with E-state index in [0.29, 0.717) is 5.69 Å². The minimum absolute atomic E-state index is 0.0338. The van der Waals surface area contributed by atoms with E-state index in [1.54, 1.807) is 13.0 Å². The van der Waals surface area contributed by atoms with E-state index in [0.717, 1.165) is 0 Å². The van der Waals surface area contributed by atoms with Crippen molar-refractivity contribution in [3.63, 3.8) is 0 Å². The molecule has 0 radical (unpaired) electrons. The Kier molecular flexibility index (Phi) is 4.19. The number of benzene rings is 1. The van der Waals surface area contributed by atoms with Crippen LogP contribution in [0.2, 0.25) is 5.02 Å². The van der Waals surface area contributed by atoms with E-state index in [1.807, 2.05) is 0 Å². The Balaban J connectivity index is 2.37.